The van der Waals surface area contributed by atoms with Gasteiger partial charge in [0.15, 0.2) is 0 Å². The summed E-state index contributed by atoms with van der Waals surface area (Å²) in [5, 5.41) is 0. The van der Waals surface area contributed by atoms with E-state index in [1.54, 1.807) is 0 Å². The molecule has 19 heavy (non-hydrogen) atoms. The van der Waals surface area contributed by atoms with Crippen molar-refractivity contribution in [3.8, 4) is 5.75 Å². The lowest BCUT2D eigenvalue weighted by Gasteiger charge is -2.39. The number of ether oxygens (including phenoxy) is 3. The summed E-state index contributed by atoms with van der Waals surface area (Å²) in [4.78, 5) is 12.1. The molecule has 0 N–H and O–H groups in total. The molecule has 1 aliphatic heterocycles. The average Bonchev–Trinajstić information content (AvgIpc) is 2.29. The molecule has 0 aromatic heterocycles. The van der Waals surface area contributed by atoms with Gasteiger partial charge in [0.1, 0.15) is 11.2 Å². The summed E-state index contributed by atoms with van der Waals surface area (Å²) in [5.41, 5.74) is 0.292. The van der Waals surface area contributed by atoms with Crippen LogP contribution in [-0.2, 0) is 19.7 Å². The molecule has 1 aromatic rings. The van der Waals surface area contributed by atoms with Gasteiger partial charge >= 0.3 is 5.97 Å². The summed E-state index contributed by atoms with van der Waals surface area (Å²) in [6.45, 7) is 6.92. The fourth-order valence-corrected chi connectivity index (χ4v) is 2.10. The van der Waals surface area contributed by atoms with Gasteiger partial charge < -0.3 is 14.2 Å². The number of hydrogen-bond acceptors (Lipinski definition) is 4. The highest BCUT2D eigenvalue weighted by Crippen LogP contribution is 2.34. The number of rotatable bonds is 5. The first-order valence-electron chi connectivity index (χ1n) is 6.60. The number of esters is 1. The smallest absolute Gasteiger partial charge is 0.321 e. The third kappa shape index (κ3) is 2.73. The lowest BCUT2D eigenvalue weighted by atomic mass is 9.78. The Morgan fingerprint density at radius 1 is 1.32 bits per heavy atom. The zero-order valence-electron chi connectivity index (χ0n) is 11.6. The predicted molar refractivity (Wildman–Crippen MR) is 71.3 cm³/mol. The molecule has 2 rings (SSSR count). The van der Waals surface area contributed by atoms with Crippen molar-refractivity contribution in [1.82, 2.24) is 0 Å². The van der Waals surface area contributed by atoms with Gasteiger partial charge in [-0.2, -0.15) is 0 Å². The zero-order valence-corrected chi connectivity index (χ0v) is 11.6. The second-order valence-electron chi connectivity index (χ2n) is 4.99. The van der Waals surface area contributed by atoms with Crippen molar-refractivity contribution >= 4 is 5.97 Å². The van der Waals surface area contributed by atoms with Crippen LogP contribution in [0.3, 0.4) is 0 Å². The molecule has 0 aliphatic carbocycles. The minimum Gasteiger partial charge on any atom is -0.491 e. The third-order valence-electron chi connectivity index (χ3n) is 3.14. The normalized spacial score (nSPS) is 16.8. The van der Waals surface area contributed by atoms with Crippen LogP contribution in [0.25, 0.3) is 0 Å². The second kappa shape index (κ2) is 5.61. The van der Waals surface area contributed by atoms with Gasteiger partial charge in [-0.3, -0.25) is 4.79 Å². The number of hydrogen-bond donors (Lipinski definition) is 0. The minimum absolute atomic E-state index is 0.136. The Morgan fingerprint density at radius 3 is 2.37 bits per heavy atom. The maximum absolute atomic E-state index is 12.1. The first-order chi connectivity index (χ1) is 9.08. The van der Waals surface area contributed by atoms with Crippen molar-refractivity contribution < 1.29 is 19.0 Å². The largest absolute Gasteiger partial charge is 0.491 e. The quantitative estimate of drug-likeness (QED) is 0.765. The zero-order chi connectivity index (χ0) is 13.9. The van der Waals surface area contributed by atoms with E-state index in [0.29, 0.717) is 19.8 Å². The summed E-state index contributed by atoms with van der Waals surface area (Å²) >= 11 is 0. The van der Waals surface area contributed by atoms with Crippen molar-refractivity contribution in [1.29, 1.82) is 0 Å². The molecular formula is C15H20O4. The molecule has 104 valence electrons. The SMILES string of the molecule is CCOC(=O)C1(c2ccc(OC(C)C)cc2)COC1. The van der Waals surface area contributed by atoms with Crippen LogP contribution in [0, 0.1) is 0 Å². The Kier molecular flexibility index (Phi) is 4.10. The summed E-state index contributed by atoms with van der Waals surface area (Å²) in [6, 6.07) is 7.59. The fraction of sp³-hybridized carbons (Fsp3) is 0.533. The standard InChI is InChI=1S/C15H20O4/c1-4-18-14(16)15(9-17-10-15)12-5-7-13(8-6-12)19-11(2)3/h5-8,11H,4,9-10H2,1-3H3. The molecule has 0 amide bonds. The van der Waals surface area contributed by atoms with Crippen LogP contribution in [0.15, 0.2) is 24.3 Å². The van der Waals surface area contributed by atoms with Crippen LogP contribution in [0.4, 0.5) is 0 Å². The van der Waals surface area contributed by atoms with Gasteiger partial charge in [0.05, 0.1) is 25.9 Å². The molecule has 4 heteroatoms. The topological polar surface area (TPSA) is 44.8 Å². The molecule has 0 saturated carbocycles. The predicted octanol–water partition coefficient (Wildman–Crippen LogP) is 2.30. The van der Waals surface area contributed by atoms with E-state index in [4.69, 9.17) is 14.2 Å². The summed E-state index contributed by atoms with van der Waals surface area (Å²) in [6.07, 6.45) is 0.136. The first-order valence-corrected chi connectivity index (χ1v) is 6.60. The maximum atomic E-state index is 12.1. The molecule has 4 nitrogen and oxygen atoms in total. The Morgan fingerprint density at radius 2 is 1.95 bits per heavy atom. The summed E-state index contributed by atoms with van der Waals surface area (Å²) in [7, 11) is 0. The minimum atomic E-state index is -0.633. The van der Waals surface area contributed by atoms with Crippen LogP contribution in [-0.4, -0.2) is 31.9 Å². The average molecular weight is 264 g/mol. The number of carbonyl (C=O) groups excluding carboxylic acids is 1. The van der Waals surface area contributed by atoms with E-state index < -0.39 is 5.41 Å². The molecule has 1 saturated heterocycles. The maximum Gasteiger partial charge on any atom is 0.321 e. The molecule has 1 aliphatic rings. The van der Waals surface area contributed by atoms with E-state index in [2.05, 4.69) is 0 Å². The lowest BCUT2D eigenvalue weighted by Crippen LogP contribution is -2.53. The molecule has 0 atom stereocenters. The number of benzene rings is 1. The van der Waals surface area contributed by atoms with Gasteiger partial charge in [0, 0.05) is 0 Å². The van der Waals surface area contributed by atoms with Crippen LogP contribution in [0.1, 0.15) is 26.3 Å². The van der Waals surface area contributed by atoms with Crippen LogP contribution in [0.2, 0.25) is 0 Å². The van der Waals surface area contributed by atoms with Crippen molar-refractivity contribution in [2.45, 2.75) is 32.3 Å². The van der Waals surface area contributed by atoms with Crippen molar-refractivity contribution in [2.24, 2.45) is 0 Å². The molecule has 1 heterocycles. The van der Waals surface area contributed by atoms with Gasteiger partial charge in [0.2, 0.25) is 0 Å². The van der Waals surface area contributed by atoms with E-state index >= 15 is 0 Å². The van der Waals surface area contributed by atoms with Crippen LogP contribution < -0.4 is 4.74 Å². The molecule has 0 bridgehead atoms. The summed E-state index contributed by atoms with van der Waals surface area (Å²) in [5.74, 6) is 0.594. The monoisotopic (exact) mass is 264 g/mol. The van der Waals surface area contributed by atoms with E-state index in [1.807, 2.05) is 45.0 Å². The van der Waals surface area contributed by atoms with E-state index in [0.717, 1.165) is 11.3 Å². The lowest BCUT2D eigenvalue weighted by molar-refractivity contribution is -0.169. The molecule has 0 radical (unpaired) electrons. The van der Waals surface area contributed by atoms with E-state index in [1.165, 1.54) is 0 Å². The van der Waals surface area contributed by atoms with Gasteiger partial charge in [-0.1, -0.05) is 12.1 Å². The van der Waals surface area contributed by atoms with Crippen molar-refractivity contribution in [3.05, 3.63) is 29.8 Å². The Hall–Kier alpha value is -1.55. The highest BCUT2D eigenvalue weighted by molar-refractivity contribution is 5.84. The second-order valence-corrected chi connectivity index (χ2v) is 4.99. The van der Waals surface area contributed by atoms with Crippen molar-refractivity contribution in [2.75, 3.05) is 19.8 Å². The van der Waals surface area contributed by atoms with Gasteiger partial charge in [-0.05, 0) is 38.5 Å². The van der Waals surface area contributed by atoms with E-state index in [-0.39, 0.29) is 12.1 Å². The highest BCUT2D eigenvalue weighted by atomic mass is 16.6. The number of carbonyl (C=O) groups is 1. The molecular weight excluding hydrogens is 244 g/mol. The third-order valence-corrected chi connectivity index (χ3v) is 3.14. The van der Waals surface area contributed by atoms with Crippen LogP contribution >= 0.6 is 0 Å². The van der Waals surface area contributed by atoms with Gasteiger partial charge in [-0.25, -0.2) is 0 Å². The molecule has 1 fully saturated rings. The van der Waals surface area contributed by atoms with Gasteiger partial charge in [0.25, 0.3) is 0 Å². The Labute approximate surface area is 113 Å². The van der Waals surface area contributed by atoms with Gasteiger partial charge in [-0.15, -0.1) is 0 Å². The van der Waals surface area contributed by atoms with E-state index in [9.17, 15) is 4.79 Å². The fourth-order valence-electron chi connectivity index (χ4n) is 2.10. The van der Waals surface area contributed by atoms with Crippen molar-refractivity contribution in [3.63, 3.8) is 0 Å². The molecule has 0 unspecified atom stereocenters. The Balaban J connectivity index is 2.17. The van der Waals surface area contributed by atoms with Crippen LogP contribution in [0.5, 0.6) is 5.75 Å². The summed E-state index contributed by atoms with van der Waals surface area (Å²) < 4.78 is 16.0. The first kappa shape index (κ1) is 13.9. The molecule has 1 aromatic carbocycles. The highest BCUT2D eigenvalue weighted by Gasteiger charge is 2.48. The molecule has 0 spiro atoms. The Bertz CT molecular complexity index is 432.